The Morgan fingerprint density at radius 2 is 1.04 bits per heavy atom. The van der Waals surface area contributed by atoms with E-state index < -0.39 is 148 Å². The van der Waals surface area contributed by atoms with Crippen LogP contribution in [0, 0.1) is 0 Å². The zero-order valence-corrected chi connectivity index (χ0v) is 25.3. The van der Waals surface area contributed by atoms with Gasteiger partial charge >= 0.3 is 0 Å². The molecule has 0 unspecified atom stereocenters. The summed E-state index contributed by atoms with van der Waals surface area (Å²) >= 11 is 0. The van der Waals surface area contributed by atoms with Crippen LogP contribution >= 0.6 is 0 Å². The number of rotatable bonds is 10. The number of nitrogens with one attached hydrogen (secondary N) is 1. The number of aliphatic hydroxyl groups is 12. The van der Waals surface area contributed by atoms with Crippen molar-refractivity contribution in [3.8, 4) is 0 Å². The summed E-state index contributed by atoms with van der Waals surface area (Å²) in [4.78, 5) is 12.5. The summed E-state index contributed by atoms with van der Waals surface area (Å²) in [5.74, 6) is -0.759. The molecule has 0 aliphatic carbocycles. The molecule has 21 nitrogen and oxygen atoms in total. The van der Waals surface area contributed by atoms with E-state index in [1.807, 2.05) is 0 Å². The first-order valence-electron chi connectivity index (χ1n) is 15.0. The van der Waals surface area contributed by atoms with Crippen molar-refractivity contribution in [3.63, 3.8) is 0 Å². The van der Waals surface area contributed by atoms with Crippen molar-refractivity contribution >= 4 is 5.91 Å². The van der Waals surface area contributed by atoms with Gasteiger partial charge in [0, 0.05) is 6.92 Å². The van der Waals surface area contributed by atoms with E-state index >= 15 is 0 Å². The molecule has 4 aliphatic rings. The van der Waals surface area contributed by atoms with Gasteiger partial charge < -0.3 is 99.8 Å². The molecule has 0 aromatic rings. The Balaban J connectivity index is 1.73. The highest BCUT2D eigenvalue weighted by Gasteiger charge is 2.56. The smallest absolute Gasteiger partial charge is 0.217 e. The molecule has 274 valence electrons. The molecule has 0 bridgehead atoms. The number of amides is 1. The average molecular weight is 692 g/mol. The van der Waals surface area contributed by atoms with Gasteiger partial charge in [-0.05, 0) is 6.92 Å². The zero-order valence-electron chi connectivity index (χ0n) is 25.3. The molecule has 20 atom stereocenters. The largest absolute Gasteiger partial charge is 0.394 e. The summed E-state index contributed by atoms with van der Waals surface area (Å²) in [5.41, 5.74) is 0. The lowest BCUT2D eigenvalue weighted by atomic mass is 9.93. The molecule has 0 aromatic heterocycles. The highest BCUT2D eigenvalue weighted by atomic mass is 16.8. The highest BCUT2D eigenvalue weighted by Crippen LogP contribution is 2.35. The Kier molecular flexibility index (Phi) is 13.2. The maximum absolute atomic E-state index is 12.5. The maximum Gasteiger partial charge on any atom is 0.217 e. The van der Waals surface area contributed by atoms with Gasteiger partial charge in [-0.3, -0.25) is 4.79 Å². The van der Waals surface area contributed by atoms with Crippen LogP contribution in [-0.2, 0) is 38.0 Å². The normalized spacial score (nSPS) is 51.0. The van der Waals surface area contributed by atoms with E-state index in [1.54, 1.807) is 0 Å². The molecule has 0 saturated carbocycles. The van der Waals surface area contributed by atoms with Crippen LogP contribution < -0.4 is 5.32 Å². The average Bonchev–Trinajstić information content (AvgIpc) is 3.04. The van der Waals surface area contributed by atoms with Crippen LogP contribution in [0.4, 0.5) is 0 Å². The standard InChI is InChI=1S/C26H45NO20/c1-6-12(32)15(35)17(37)25(41-6)46-21-11(27-7(2)31)24(47-22-14(34)9(4-29)42-23(40)19(22)39)44-10(5-30)20(21)45-26-18(38)16(36)13(33)8(3-28)43-26/h6,8-26,28-30,32-40H,3-5H2,1-2H3,(H,27,31)/t6-,8+,9+,10+,11+,12+,13-,14+,15+,16-,17-,18+,19-,20+,21+,22-,23+,24-,25-,26-/m0/s1. The third kappa shape index (κ3) is 8.04. The van der Waals surface area contributed by atoms with E-state index in [0.717, 1.165) is 6.92 Å². The lowest BCUT2D eigenvalue weighted by Gasteiger charge is -2.51. The van der Waals surface area contributed by atoms with Crippen LogP contribution in [0.2, 0.25) is 0 Å². The molecule has 4 heterocycles. The molecular weight excluding hydrogens is 646 g/mol. The molecule has 4 rings (SSSR count). The Bertz CT molecular complexity index is 1010. The molecule has 13 N–H and O–H groups in total. The molecule has 21 heteroatoms. The molecule has 0 aromatic carbocycles. The highest BCUT2D eigenvalue weighted by molar-refractivity contribution is 5.73. The lowest BCUT2D eigenvalue weighted by molar-refractivity contribution is -0.384. The van der Waals surface area contributed by atoms with Crippen LogP contribution in [0.5, 0.6) is 0 Å². The molecule has 1 amide bonds. The maximum atomic E-state index is 12.5. The third-order valence-electron chi connectivity index (χ3n) is 8.57. The van der Waals surface area contributed by atoms with Crippen molar-refractivity contribution in [1.29, 1.82) is 0 Å². The third-order valence-corrected chi connectivity index (χ3v) is 8.57. The van der Waals surface area contributed by atoms with Crippen molar-refractivity contribution in [3.05, 3.63) is 0 Å². The van der Waals surface area contributed by atoms with Gasteiger partial charge in [0.2, 0.25) is 5.91 Å². The van der Waals surface area contributed by atoms with E-state index in [9.17, 15) is 66.1 Å². The van der Waals surface area contributed by atoms with Gasteiger partial charge in [-0.2, -0.15) is 0 Å². The molecule has 4 saturated heterocycles. The predicted molar refractivity (Wildman–Crippen MR) is 144 cm³/mol. The Morgan fingerprint density at radius 1 is 0.553 bits per heavy atom. The van der Waals surface area contributed by atoms with Crippen LogP contribution in [0.15, 0.2) is 0 Å². The fourth-order valence-electron chi connectivity index (χ4n) is 5.88. The Hall–Kier alpha value is -1.29. The second-order valence-corrected chi connectivity index (χ2v) is 11.9. The van der Waals surface area contributed by atoms with Gasteiger partial charge in [0.05, 0.1) is 25.9 Å². The van der Waals surface area contributed by atoms with E-state index in [2.05, 4.69) is 5.32 Å². The minimum Gasteiger partial charge on any atom is -0.394 e. The summed E-state index contributed by atoms with van der Waals surface area (Å²) in [7, 11) is 0. The van der Waals surface area contributed by atoms with Crippen LogP contribution in [0.25, 0.3) is 0 Å². The van der Waals surface area contributed by atoms with E-state index in [0.29, 0.717) is 0 Å². The first-order valence-corrected chi connectivity index (χ1v) is 15.0. The summed E-state index contributed by atoms with van der Waals surface area (Å²) in [6.07, 6.45) is -32.7. The van der Waals surface area contributed by atoms with Crippen molar-refractivity contribution < 1.29 is 99.2 Å². The Morgan fingerprint density at radius 3 is 1.62 bits per heavy atom. The molecule has 0 radical (unpaired) electrons. The van der Waals surface area contributed by atoms with Gasteiger partial charge in [-0.15, -0.1) is 0 Å². The quantitative estimate of drug-likeness (QED) is 0.101. The summed E-state index contributed by atoms with van der Waals surface area (Å²) < 4.78 is 39.5. The predicted octanol–water partition coefficient (Wildman–Crippen LogP) is -8.58. The number of carbonyl (C=O) groups excluding carboxylic acids is 1. The van der Waals surface area contributed by atoms with Crippen molar-refractivity contribution in [1.82, 2.24) is 5.32 Å². The van der Waals surface area contributed by atoms with Gasteiger partial charge in [0.15, 0.2) is 25.2 Å². The molecular formula is C26H45NO20. The first kappa shape index (κ1) is 38.5. The van der Waals surface area contributed by atoms with Gasteiger partial charge in [0.25, 0.3) is 0 Å². The topological polar surface area (TPSA) is 336 Å². The van der Waals surface area contributed by atoms with Gasteiger partial charge in [0.1, 0.15) is 91.5 Å². The van der Waals surface area contributed by atoms with E-state index in [4.69, 9.17) is 33.2 Å². The van der Waals surface area contributed by atoms with E-state index in [1.165, 1.54) is 6.92 Å². The molecule has 0 spiro atoms. The summed E-state index contributed by atoms with van der Waals surface area (Å²) in [6, 6.07) is -1.60. The zero-order chi connectivity index (χ0) is 34.9. The number of hydrogen-bond acceptors (Lipinski definition) is 20. The minimum atomic E-state index is -1.96. The van der Waals surface area contributed by atoms with Gasteiger partial charge in [-0.1, -0.05) is 0 Å². The molecule has 4 fully saturated rings. The second-order valence-electron chi connectivity index (χ2n) is 11.9. The Labute approximate surface area is 267 Å². The summed E-state index contributed by atoms with van der Waals surface area (Å²) in [6.45, 7) is -0.142. The van der Waals surface area contributed by atoms with Crippen molar-refractivity contribution in [2.45, 2.75) is 137 Å². The second kappa shape index (κ2) is 16.2. The SMILES string of the molecule is CC(=O)N[C@H]1[C@H](O[C@@H]2[C@H](O)[C@H](O)O[C@H](CO)[C@H]2O)O[C@H](CO)[C@@H](O[C@@H]2O[C@H](CO)[C@H](O)[C@H](O)[C@H]2O)[C@@H]1O[C@@H]1O[C@@H](C)[C@@H](O)[C@@H](O)[C@@H]1O. The number of carbonyl (C=O) groups is 1. The lowest BCUT2D eigenvalue weighted by Crippen LogP contribution is -2.71. The monoisotopic (exact) mass is 691 g/mol. The number of aliphatic hydroxyl groups excluding tert-OH is 12. The van der Waals surface area contributed by atoms with Crippen LogP contribution in [-0.4, -0.2) is 210 Å². The van der Waals surface area contributed by atoms with Crippen LogP contribution in [0.1, 0.15) is 13.8 Å². The van der Waals surface area contributed by atoms with Crippen molar-refractivity contribution in [2.75, 3.05) is 19.8 Å². The van der Waals surface area contributed by atoms with Gasteiger partial charge in [-0.25, -0.2) is 0 Å². The number of hydrogen-bond donors (Lipinski definition) is 13. The fourth-order valence-corrected chi connectivity index (χ4v) is 5.88. The van der Waals surface area contributed by atoms with Crippen LogP contribution in [0.3, 0.4) is 0 Å². The molecule has 47 heavy (non-hydrogen) atoms. The summed E-state index contributed by atoms with van der Waals surface area (Å²) in [5, 5.41) is 126. The molecule has 4 aliphatic heterocycles. The van der Waals surface area contributed by atoms with Crippen molar-refractivity contribution in [2.24, 2.45) is 0 Å². The fraction of sp³-hybridized carbons (Fsp3) is 0.962. The van der Waals surface area contributed by atoms with E-state index in [-0.39, 0.29) is 0 Å². The number of ether oxygens (including phenoxy) is 7. The first-order chi connectivity index (χ1) is 22.1. The minimum absolute atomic E-state index is 0.759.